The normalized spacial score (nSPS) is 12.1. The summed E-state index contributed by atoms with van der Waals surface area (Å²) >= 11 is 0. The Kier molecular flexibility index (Phi) is 8.51. The number of hydrogen-bond donors (Lipinski definition) is 0. The number of esters is 2. The molecule has 3 rings (SSSR count). The molecule has 3 aromatic rings. The molecule has 0 amide bonds. The molecule has 7 heteroatoms. The van der Waals surface area contributed by atoms with Gasteiger partial charge in [0.25, 0.3) is 0 Å². The summed E-state index contributed by atoms with van der Waals surface area (Å²) in [6, 6.07) is 19.9. The van der Waals surface area contributed by atoms with Crippen molar-refractivity contribution in [2.75, 3.05) is 13.2 Å². The minimum absolute atomic E-state index is 0.132. The number of ether oxygens (including phenoxy) is 2. The first-order valence-corrected chi connectivity index (χ1v) is 11.1. The van der Waals surface area contributed by atoms with E-state index in [1.54, 1.807) is 31.2 Å². The van der Waals surface area contributed by atoms with Crippen molar-refractivity contribution in [3.05, 3.63) is 83.4 Å². The van der Waals surface area contributed by atoms with Gasteiger partial charge in [-0.15, -0.1) is 0 Å². The number of carbonyl (C=O) groups is 3. The Morgan fingerprint density at radius 2 is 1.53 bits per heavy atom. The van der Waals surface area contributed by atoms with Gasteiger partial charge in [-0.25, -0.2) is 14.4 Å². The molecule has 0 fully saturated rings. The first-order valence-electron chi connectivity index (χ1n) is 11.1. The highest BCUT2D eigenvalue weighted by Gasteiger charge is 2.19. The fraction of sp³-hybridized carbons (Fsp3) is 0.259. The highest BCUT2D eigenvalue weighted by atomic mass is 16.7. The van der Waals surface area contributed by atoms with E-state index in [1.807, 2.05) is 42.5 Å². The summed E-state index contributed by atoms with van der Waals surface area (Å²) in [5, 5.41) is 5.58. The molecule has 0 aliphatic carbocycles. The number of rotatable bonds is 9. The molecule has 0 saturated carbocycles. The predicted octanol–water partition coefficient (Wildman–Crippen LogP) is 5.02. The van der Waals surface area contributed by atoms with Gasteiger partial charge in [0.15, 0.2) is 12.3 Å². The lowest BCUT2D eigenvalue weighted by Crippen LogP contribution is -2.21. The SMILES string of the molecule is CCOC(=O)C(=NOC(=O)COC(=O)c1ccc(C(C)CC)cc1)c1ccc2ccccc2c1. The molecule has 0 spiro atoms. The number of hydrogen-bond acceptors (Lipinski definition) is 7. The van der Waals surface area contributed by atoms with Gasteiger partial charge in [0, 0.05) is 5.56 Å². The number of oxime groups is 1. The molecule has 176 valence electrons. The summed E-state index contributed by atoms with van der Waals surface area (Å²) in [5.41, 5.74) is 1.72. The molecule has 0 aliphatic rings. The van der Waals surface area contributed by atoms with Gasteiger partial charge in [-0.1, -0.05) is 67.5 Å². The van der Waals surface area contributed by atoms with Crippen LogP contribution in [0.4, 0.5) is 0 Å². The standard InChI is InChI=1S/C27H27NO6/c1-4-18(3)19-10-13-21(14-11-19)26(30)33-17-24(29)34-28-25(27(31)32-5-2)23-15-12-20-8-6-7-9-22(20)16-23/h6-16,18H,4-5,17H2,1-3H3. The van der Waals surface area contributed by atoms with E-state index in [0.717, 1.165) is 22.8 Å². The quantitative estimate of drug-likeness (QED) is 0.192. The van der Waals surface area contributed by atoms with E-state index in [9.17, 15) is 14.4 Å². The fourth-order valence-corrected chi connectivity index (χ4v) is 3.26. The van der Waals surface area contributed by atoms with E-state index in [-0.39, 0.29) is 12.3 Å². The van der Waals surface area contributed by atoms with Crippen molar-refractivity contribution in [1.29, 1.82) is 0 Å². The van der Waals surface area contributed by atoms with Crippen molar-refractivity contribution >= 4 is 34.4 Å². The highest BCUT2D eigenvalue weighted by Crippen LogP contribution is 2.19. The van der Waals surface area contributed by atoms with Crippen LogP contribution in [0.15, 0.2) is 71.9 Å². The molecule has 0 aliphatic heterocycles. The van der Waals surface area contributed by atoms with Crippen molar-refractivity contribution in [1.82, 2.24) is 0 Å². The number of carbonyl (C=O) groups excluding carboxylic acids is 3. The third-order valence-electron chi connectivity index (χ3n) is 5.38. The Morgan fingerprint density at radius 1 is 0.853 bits per heavy atom. The minimum atomic E-state index is -0.924. The van der Waals surface area contributed by atoms with Crippen LogP contribution in [0.3, 0.4) is 0 Å². The van der Waals surface area contributed by atoms with Crippen LogP contribution in [0.2, 0.25) is 0 Å². The lowest BCUT2D eigenvalue weighted by molar-refractivity contribution is -0.147. The Labute approximate surface area is 198 Å². The zero-order chi connectivity index (χ0) is 24.5. The van der Waals surface area contributed by atoms with Crippen molar-refractivity contribution in [2.24, 2.45) is 5.16 Å². The Morgan fingerprint density at radius 3 is 2.21 bits per heavy atom. The Hall–Kier alpha value is -4.00. The summed E-state index contributed by atoms with van der Waals surface area (Å²) < 4.78 is 10.1. The molecular weight excluding hydrogens is 434 g/mol. The smallest absolute Gasteiger partial charge is 0.372 e. The molecule has 0 aromatic heterocycles. The fourth-order valence-electron chi connectivity index (χ4n) is 3.26. The zero-order valence-corrected chi connectivity index (χ0v) is 19.4. The van der Waals surface area contributed by atoms with Crippen LogP contribution in [-0.2, 0) is 23.9 Å². The van der Waals surface area contributed by atoms with Crippen LogP contribution >= 0.6 is 0 Å². The molecule has 7 nitrogen and oxygen atoms in total. The van der Waals surface area contributed by atoms with Gasteiger partial charge in [0.2, 0.25) is 0 Å². The maximum absolute atomic E-state index is 12.4. The maximum Gasteiger partial charge on any atom is 0.372 e. The van der Waals surface area contributed by atoms with E-state index < -0.39 is 24.5 Å². The molecule has 0 radical (unpaired) electrons. The second-order valence-corrected chi connectivity index (χ2v) is 7.69. The van der Waals surface area contributed by atoms with Crippen molar-refractivity contribution in [2.45, 2.75) is 33.1 Å². The van der Waals surface area contributed by atoms with Gasteiger partial charge in [0.05, 0.1) is 12.2 Å². The topological polar surface area (TPSA) is 91.3 Å². The maximum atomic E-state index is 12.4. The molecule has 0 heterocycles. The average Bonchev–Trinajstić information content (AvgIpc) is 2.87. The Bertz CT molecular complexity index is 1200. The number of nitrogens with zero attached hydrogens (tertiary/aromatic N) is 1. The largest absolute Gasteiger partial charge is 0.461 e. The monoisotopic (exact) mass is 461 g/mol. The summed E-state index contributed by atoms with van der Waals surface area (Å²) in [6.07, 6.45) is 0.989. The Balaban J connectivity index is 1.66. The van der Waals surface area contributed by atoms with Gasteiger partial charge < -0.3 is 14.3 Å². The molecule has 1 unspecified atom stereocenters. The molecule has 0 saturated heterocycles. The molecule has 0 bridgehead atoms. The third-order valence-corrected chi connectivity index (χ3v) is 5.38. The van der Waals surface area contributed by atoms with Gasteiger partial charge in [-0.2, -0.15) is 0 Å². The minimum Gasteiger partial charge on any atom is -0.461 e. The van der Waals surface area contributed by atoms with Crippen molar-refractivity contribution in [3.63, 3.8) is 0 Å². The molecule has 34 heavy (non-hydrogen) atoms. The van der Waals surface area contributed by atoms with Crippen molar-refractivity contribution < 1.29 is 28.7 Å². The van der Waals surface area contributed by atoms with E-state index in [1.165, 1.54) is 0 Å². The van der Waals surface area contributed by atoms with E-state index >= 15 is 0 Å². The lowest BCUT2D eigenvalue weighted by atomic mass is 9.98. The highest BCUT2D eigenvalue weighted by molar-refractivity contribution is 6.43. The number of fused-ring (bicyclic) bond motifs is 1. The van der Waals surface area contributed by atoms with Crippen LogP contribution in [0.25, 0.3) is 10.8 Å². The summed E-state index contributed by atoms with van der Waals surface area (Å²) in [4.78, 5) is 41.6. The van der Waals surface area contributed by atoms with Gasteiger partial charge >= 0.3 is 17.9 Å². The van der Waals surface area contributed by atoms with E-state index in [2.05, 4.69) is 19.0 Å². The summed E-state index contributed by atoms with van der Waals surface area (Å²) in [6.45, 7) is 5.34. The van der Waals surface area contributed by atoms with Crippen LogP contribution in [0.1, 0.15) is 54.6 Å². The first-order chi connectivity index (χ1) is 16.4. The van der Waals surface area contributed by atoms with Gasteiger partial charge in [-0.05, 0) is 53.8 Å². The second kappa shape index (κ2) is 11.7. The predicted molar refractivity (Wildman–Crippen MR) is 129 cm³/mol. The summed E-state index contributed by atoms with van der Waals surface area (Å²) in [5.74, 6) is -1.93. The van der Waals surface area contributed by atoms with Crippen LogP contribution in [0.5, 0.6) is 0 Å². The van der Waals surface area contributed by atoms with Gasteiger partial charge in [-0.3, -0.25) is 0 Å². The van der Waals surface area contributed by atoms with Crippen LogP contribution < -0.4 is 0 Å². The van der Waals surface area contributed by atoms with E-state index in [0.29, 0.717) is 17.0 Å². The lowest BCUT2D eigenvalue weighted by Gasteiger charge is -2.09. The molecule has 0 N–H and O–H groups in total. The second-order valence-electron chi connectivity index (χ2n) is 7.69. The summed E-state index contributed by atoms with van der Waals surface area (Å²) in [7, 11) is 0. The first kappa shape index (κ1) is 24.6. The number of benzene rings is 3. The van der Waals surface area contributed by atoms with E-state index in [4.69, 9.17) is 14.3 Å². The molecule has 1 atom stereocenters. The van der Waals surface area contributed by atoms with Crippen LogP contribution in [0, 0.1) is 0 Å². The van der Waals surface area contributed by atoms with Gasteiger partial charge in [0.1, 0.15) is 0 Å². The average molecular weight is 462 g/mol. The van der Waals surface area contributed by atoms with Crippen LogP contribution in [-0.4, -0.2) is 36.8 Å². The molecular formula is C27H27NO6. The van der Waals surface area contributed by atoms with Crippen molar-refractivity contribution in [3.8, 4) is 0 Å². The zero-order valence-electron chi connectivity index (χ0n) is 19.4. The molecule has 3 aromatic carbocycles. The third kappa shape index (κ3) is 6.28.